The highest BCUT2D eigenvalue weighted by atomic mass is 35.5. The van der Waals surface area contributed by atoms with E-state index < -0.39 is 17.3 Å². The highest BCUT2D eigenvalue weighted by molar-refractivity contribution is 6.30. The summed E-state index contributed by atoms with van der Waals surface area (Å²) in [4.78, 5) is 11.9. The molecule has 0 saturated carbocycles. The van der Waals surface area contributed by atoms with Crippen LogP contribution < -0.4 is 4.74 Å². The van der Waals surface area contributed by atoms with Gasteiger partial charge in [-0.3, -0.25) is 4.79 Å². The zero-order valence-corrected chi connectivity index (χ0v) is 11.0. The average Bonchev–Trinajstić information content (AvgIpc) is 2.37. The fourth-order valence-electron chi connectivity index (χ4n) is 1.63. The van der Waals surface area contributed by atoms with Crippen LogP contribution in [0, 0.1) is 0 Å². The lowest BCUT2D eigenvalue weighted by atomic mass is 10.1. The van der Waals surface area contributed by atoms with Crippen LogP contribution in [0.2, 0.25) is 5.02 Å². The van der Waals surface area contributed by atoms with Crippen LogP contribution in [0.5, 0.6) is 23.0 Å². The minimum Gasteiger partial charge on any atom is -0.508 e. The molecule has 3 N–H and O–H groups in total. The van der Waals surface area contributed by atoms with E-state index in [1.807, 2.05) is 0 Å². The third-order valence-corrected chi connectivity index (χ3v) is 2.80. The number of hydrogen-bond acceptors (Lipinski definition) is 5. The second-order valence-electron chi connectivity index (χ2n) is 4.02. The van der Waals surface area contributed by atoms with E-state index in [0.717, 1.165) is 12.1 Å². The van der Waals surface area contributed by atoms with Crippen LogP contribution in [-0.2, 0) is 0 Å². The molecular formula is C14H11ClO5. The van der Waals surface area contributed by atoms with E-state index in [1.165, 1.54) is 0 Å². The predicted molar refractivity (Wildman–Crippen MR) is 72.7 cm³/mol. The van der Waals surface area contributed by atoms with Crippen LogP contribution in [-0.4, -0.2) is 27.7 Å². The molecule has 0 aliphatic rings. The standard InChI is InChI=1S/C14H11ClO5/c15-8-1-3-10(4-2-8)20-7-13(19)14-11(17)5-9(16)6-12(14)18/h1-6,16-18H,7H2. The first-order valence-electron chi connectivity index (χ1n) is 5.64. The minimum absolute atomic E-state index is 0.295. The number of phenols is 3. The van der Waals surface area contributed by atoms with Gasteiger partial charge in [0.1, 0.15) is 28.6 Å². The van der Waals surface area contributed by atoms with E-state index in [4.69, 9.17) is 21.4 Å². The van der Waals surface area contributed by atoms with Crippen LogP contribution in [0.3, 0.4) is 0 Å². The number of aromatic hydroxyl groups is 3. The Morgan fingerprint density at radius 1 is 1.05 bits per heavy atom. The third kappa shape index (κ3) is 3.13. The van der Waals surface area contributed by atoms with E-state index in [2.05, 4.69) is 0 Å². The fourth-order valence-corrected chi connectivity index (χ4v) is 1.76. The van der Waals surface area contributed by atoms with Crippen molar-refractivity contribution < 1.29 is 24.9 Å². The molecule has 0 fully saturated rings. The molecule has 5 nitrogen and oxygen atoms in total. The SMILES string of the molecule is O=C(COc1ccc(Cl)cc1)c1c(O)cc(O)cc1O. The van der Waals surface area contributed by atoms with Gasteiger partial charge >= 0.3 is 0 Å². The molecular weight excluding hydrogens is 284 g/mol. The number of halogens is 1. The van der Waals surface area contributed by atoms with Crippen molar-refractivity contribution in [2.24, 2.45) is 0 Å². The number of ketones is 1. The molecule has 2 aromatic carbocycles. The van der Waals surface area contributed by atoms with E-state index in [-0.39, 0.29) is 17.9 Å². The summed E-state index contributed by atoms with van der Waals surface area (Å²) in [5.41, 5.74) is -0.295. The van der Waals surface area contributed by atoms with Crippen molar-refractivity contribution in [2.45, 2.75) is 0 Å². The maximum Gasteiger partial charge on any atom is 0.207 e. The van der Waals surface area contributed by atoms with Gasteiger partial charge in [-0.2, -0.15) is 0 Å². The largest absolute Gasteiger partial charge is 0.508 e. The van der Waals surface area contributed by atoms with E-state index in [9.17, 15) is 15.0 Å². The number of Topliss-reactive ketones (excluding diaryl/α,β-unsaturated/α-hetero) is 1. The molecule has 0 spiro atoms. The number of ether oxygens (including phenoxy) is 1. The summed E-state index contributed by atoms with van der Waals surface area (Å²) < 4.78 is 5.22. The number of carbonyl (C=O) groups excluding carboxylic acids is 1. The molecule has 0 aliphatic heterocycles. The summed E-state index contributed by atoms with van der Waals surface area (Å²) in [7, 11) is 0. The zero-order valence-electron chi connectivity index (χ0n) is 10.2. The number of hydrogen-bond donors (Lipinski definition) is 3. The zero-order chi connectivity index (χ0) is 14.7. The van der Waals surface area contributed by atoms with E-state index >= 15 is 0 Å². The molecule has 104 valence electrons. The Bertz CT molecular complexity index is 614. The second kappa shape index (κ2) is 5.71. The second-order valence-corrected chi connectivity index (χ2v) is 4.46. The average molecular weight is 295 g/mol. The van der Waals surface area contributed by atoms with Gasteiger partial charge in [-0.1, -0.05) is 11.6 Å². The minimum atomic E-state index is -0.616. The first-order valence-corrected chi connectivity index (χ1v) is 6.01. The lowest BCUT2D eigenvalue weighted by molar-refractivity contribution is 0.0916. The molecule has 0 aromatic heterocycles. The van der Waals surface area contributed by atoms with Gasteiger partial charge in [0.25, 0.3) is 0 Å². The molecule has 20 heavy (non-hydrogen) atoms. The molecule has 0 unspecified atom stereocenters. The molecule has 0 amide bonds. The van der Waals surface area contributed by atoms with Crippen molar-refractivity contribution in [2.75, 3.05) is 6.61 Å². The van der Waals surface area contributed by atoms with Crippen molar-refractivity contribution in [3.8, 4) is 23.0 Å². The van der Waals surface area contributed by atoms with Crippen LogP contribution in [0.4, 0.5) is 0 Å². The van der Waals surface area contributed by atoms with Crippen molar-refractivity contribution in [3.63, 3.8) is 0 Å². The quantitative estimate of drug-likeness (QED) is 0.755. The van der Waals surface area contributed by atoms with Crippen LogP contribution in [0.25, 0.3) is 0 Å². The van der Waals surface area contributed by atoms with Gasteiger partial charge in [0, 0.05) is 17.2 Å². The third-order valence-electron chi connectivity index (χ3n) is 2.54. The van der Waals surface area contributed by atoms with Crippen molar-refractivity contribution >= 4 is 17.4 Å². The van der Waals surface area contributed by atoms with Gasteiger partial charge in [-0.25, -0.2) is 0 Å². The Labute approximate surface area is 119 Å². The molecule has 0 saturated heterocycles. The van der Waals surface area contributed by atoms with Gasteiger partial charge in [-0.15, -0.1) is 0 Å². The molecule has 0 bridgehead atoms. The summed E-state index contributed by atoms with van der Waals surface area (Å²) in [6.45, 7) is -0.368. The van der Waals surface area contributed by atoms with Gasteiger partial charge < -0.3 is 20.1 Å². The smallest absolute Gasteiger partial charge is 0.207 e. The van der Waals surface area contributed by atoms with Crippen molar-refractivity contribution in [1.82, 2.24) is 0 Å². The normalized spacial score (nSPS) is 10.2. The van der Waals surface area contributed by atoms with Gasteiger partial charge in [0.05, 0.1) is 0 Å². The van der Waals surface area contributed by atoms with Crippen molar-refractivity contribution in [1.29, 1.82) is 0 Å². The Balaban J connectivity index is 2.11. The van der Waals surface area contributed by atoms with Crippen LogP contribution in [0.1, 0.15) is 10.4 Å². The van der Waals surface area contributed by atoms with Crippen molar-refractivity contribution in [3.05, 3.63) is 47.0 Å². The highest BCUT2D eigenvalue weighted by Crippen LogP contribution is 2.32. The summed E-state index contributed by atoms with van der Waals surface area (Å²) in [6, 6.07) is 8.33. The first kappa shape index (κ1) is 14.0. The maximum atomic E-state index is 11.9. The molecule has 0 atom stereocenters. The number of benzene rings is 2. The van der Waals surface area contributed by atoms with E-state index in [1.54, 1.807) is 24.3 Å². The van der Waals surface area contributed by atoms with Crippen LogP contribution in [0.15, 0.2) is 36.4 Å². The molecule has 2 aromatic rings. The Morgan fingerprint density at radius 3 is 2.15 bits per heavy atom. The number of rotatable bonds is 4. The maximum absolute atomic E-state index is 11.9. The number of phenolic OH excluding ortho intramolecular Hbond substituents is 3. The lowest BCUT2D eigenvalue weighted by Crippen LogP contribution is -2.12. The van der Waals surface area contributed by atoms with E-state index in [0.29, 0.717) is 10.8 Å². The van der Waals surface area contributed by atoms with Crippen LogP contribution >= 0.6 is 11.6 Å². The molecule has 0 aliphatic carbocycles. The molecule has 2 rings (SSSR count). The highest BCUT2D eigenvalue weighted by Gasteiger charge is 2.18. The first-order chi connectivity index (χ1) is 9.47. The summed E-state index contributed by atoms with van der Waals surface area (Å²) in [6.07, 6.45) is 0. The summed E-state index contributed by atoms with van der Waals surface area (Å²) in [5, 5.41) is 28.8. The number of carbonyl (C=O) groups is 1. The fraction of sp³-hybridized carbons (Fsp3) is 0.0714. The Kier molecular flexibility index (Phi) is 4.00. The monoisotopic (exact) mass is 294 g/mol. The summed E-state index contributed by atoms with van der Waals surface area (Å²) >= 11 is 5.71. The predicted octanol–water partition coefficient (Wildman–Crippen LogP) is 2.72. The molecule has 0 heterocycles. The van der Waals surface area contributed by atoms with Gasteiger partial charge in [0.15, 0.2) is 6.61 Å². The lowest BCUT2D eigenvalue weighted by Gasteiger charge is -2.09. The van der Waals surface area contributed by atoms with Gasteiger partial charge in [-0.05, 0) is 24.3 Å². The molecule has 0 radical (unpaired) electrons. The summed E-state index contributed by atoms with van der Waals surface area (Å²) in [5.74, 6) is -1.54. The topological polar surface area (TPSA) is 87.0 Å². The van der Waals surface area contributed by atoms with Gasteiger partial charge in [0.2, 0.25) is 5.78 Å². The Hall–Kier alpha value is -2.40. The molecule has 6 heteroatoms. The Morgan fingerprint density at radius 2 is 1.60 bits per heavy atom.